The van der Waals surface area contributed by atoms with Crippen LogP contribution in [0.15, 0.2) is 29.2 Å². The summed E-state index contributed by atoms with van der Waals surface area (Å²) in [5.41, 5.74) is 3.28. The summed E-state index contributed by atoms with van der Waals surface area (Å²) in [4.78, 5) is 14.7. The lowest BCUT2D eigenvalue weighted by Crippen LogP contribution is -2.30. The van der Waals surface area contributed by atoms with E-state index in [9.17, 15) is 0 Å². The van der Waals surface area contributed by atoms with Gasteiger partial charge in [0.1, 0.15) is 17.8 Å². The molecule has 2 aliphatic rings. The third-order valence-corrected chi connectivity index (χ3v) is 5.78. The highest BCUT2D eigenvalue weighted by molar-refractivity contribution is 7.08. The quantitative estimate of drug-likeness (QED) is 0.701. The minimum atomic E-state index is 0.932. The first kappa shape index (κ1) is 17.5. The van der Waals surface area contributed by atoms with E-state index in [1.54, 1.807) is 17.7 Å². The molecule has 2 aliphatic heterocycles. The first-order chi connectivity index (χ1) is 12.9. The zero-order valence-electron chi connectivity index (χ0n) is 15.2. The van der Waals surface area contributed by atoms with Crippen molar-refractivity contribution in [2.75, 3.05) is 31.1 Å². The fourth-order valence-electron chi connectivity index (χ4n) is 3.66. The summed E-state index contributed by atoms with van der Waals surface area (Å²) in [5, 5.41) is 8.67. The van der Waals surface area contributed by atoms with Crippen molar-refractivity contribution in [1.82, 2.24) is 20.3 Å². The van der Waals surface area contributed by atoms with Crippen LogP contribution in [0.5, 0.6) is 0 Å². The van der Waals surface area contributed by atoms with E-state index < -0.39 is 0 Å². The van der Waals surface area contributed by atoms with Gasteiger partial charge in [0.25, 0.3) is 0 Å². The van der Waals surface area contributed by atoms with Gasteiger partial charge in [-0.25, -0.2) is 9.97 Å². The van der Waals surface area contributed by atoms with Crippen LogP contribution in [0.4, 0.5) is 5.82 Å². The van der Waals surface area contributed by atoms with Crippen molar-refractivity contribution in [2.24, 2.45) is 0 Å². The van der Waals surface area contributed by atoms with Gasteiger partial charge in [0.05, 0.1) is 5.39 Å². The molecule has 0 spiro atoms. The highest BCUT2D eigenvalue weighted by atomic mass is 32.1. The molecule has 3 aromatic heterocycles. The van der Waals surface area contributed by atoms with Gasteiger partial charge in [-0.3, -0.25) is 0 Å². The SMILES string of the molecule is C1CCNCC1.c1nc(N2CCCCC2)c2cc(-c3ccsc3)[nH]c2n1. The summed E-state index contributed by atoms with van der Waals surface area (Å²) in [6.45, 7) is 4.70. The molecular formula is C20H27N5S. The Balaban J connectivity index is 0.000000240. The van der Waals surface area contributed by atoms with Gasteiger partial charge in [-0.1, -0.05) is 6.42 Å². The lowest BCUT2D eigenvalue weighted by Gasteiger charge is -2.27. The van der Waals surface area contributed by atoms with E-state index in [2.05, 4.69) is 48.1 Å². The van der Waals surface area contributed by atoms with Crippen LogP contribution in [0.1, 0.15) is 38.5 Å². The van der Waals surface area contributed by atoms with Crippen LogP contribution < -0.4 is 10.2 Å². The molecular weight excluding hydrogens is 342 g/mol. The smallest absolute Gasteiger partial charge is 0.143 e. The third-order valence-electron chi connectivity index (χ3n) is 5.10. The van der Waals surface area contributed by atoms with Crippen molar-refractivity contribution in [3.63, 3.8) is 0 Å². The maximum absolute atomic E-state index is 4.52. The van der Waals surface area contributed by atoms with Crippen LogP contribution in [0.25, 0.3) is 22.3 Å². The highest BCUT2D eigenvalue weighted by Crippen LogP contribution is 2.30. The van der Waals surface area contributed by atoms with E-state index in [1.165, 1.54) is 57.2 Å². The molecule has 0 aromatic carbocycles. The van der Waals surface area contributed by atoms with Crippen molar-refractivity contribution < 1.29 is 0 Å². The van der Waals surface area contributed by atoms with Crippen molar-refractivity contribution in [3.05, 3.63) is 29.2 Å². The number of piperidine rings is 2. The van der Waals surface area contributed by atoms with Crippen LogP contribution in [0.2, 0.25) is 0 Å². The Morgan fingerprint density at radius 3 is 2.42 bits per heavy atom. The molecule has 0 radical (unpaired) electrons. The number of hydrogen-bond donors (Lipinski definition) is 2. The van der Waals surface area contributed by atoms with Crippen LogP contribution in [-0.2, 0) is 0 Å². The summed E-state index contributed by atoms with van der Waals surface area (Å²) in [6, 6.07) is 4.31. The maximum Gasteiger partial charge on any atom is 0.143 e. The number of fused-ring (bicyclic) bond motifs is 1. The van der Waals surface area contributed by atoms with Gasteiger partial charge < -0.3 is 15.2 Å². The van der Waals surface area contributed by atoms with E-state index in [4.69, 9.17) is 0 Å². The van der Waals surface area contributed by atoms with Gasteiger partial charge in [-0.2, -0.15) is 11.3 Å². The van der Waals surface area contributed by atoms with Crippen molar-refractivity contribution >= 4 is 28.2 Å². The molecule has 2 saturated heterocycles. The van der Waals surface area contributed by atoms with E-state index in [0.29, 0.717) is 0 Å². The monoisotopic (exact) mass is 369 g/mol. The number of thiophene rings is 1. The van der Waals surface area contributed by atoms with Gasteiger partial charge in [-0.05, 0) is 62.7 Å². The third kappa shape index (κ3) is 4.07. The topological polar surface area (TPSA) is 56.8 Å². The average Bonchev–Trinajstić information content (AvgIpc) is 3.40. The standard InChI is InChI=1S/C15H16N4S.C5H11N/c1-2-5-19(6-3-1)15-12-8-13(11-4-7-20-9-11)18-14(12)16-10-17-15;1-2-4-6-5-3-1/h4,7-10H,1-3,5-6H2,(H,16,17,18);6H,1-5H2. The molecule has 138 valence electrons. The van der Waals surface area contributed by atoms with Crippen LogP contribution >= 0.6 is 11.3 Å². The summed E-state index contributed by atoms with van der Waals surface area (Å²) in [7, 11) is 0. The highest BCUT2D eigenvalue weighted by Gasteiger charge is 2.17. The van der Waals surface area contributed by atoms with Crippen molar-refractivity contribution in [2.45, 2.75) is 38.5 Å². The molecule has 26 heavy (non-hydrogen) atoms. The molecule has 3 aromatic rings. The molecule has 2 fully saturated rings. The molecule has 5 rings (SSSR count). The minimum absolute atomic E-state index is 0.932. The number of nitrogens with one attached hydrogen (secondary N) is 2. The van der Waals surface area contributed by atoms with Crippen LogP contribution in [-0.4, -0.2) is 41.1 Å². The Morgan fingerprint density at radius 1 is 0.962 bits per heavy atom. The molecule has 0 aliphatic carbocycles. The van der Waals surface area contributed by atoms with Gasteiger partial charge in [0.15, 0.2) is 0 Å². The first-order valence-corrected chi connectivity index (χ1v) is 10.7. The van der Waals surface area contributed by atoms with Gasteiger partial charge in [-0.15, -0.1) is 0 Å². The lowest BCUT2D eigenvalue weighted by atomic mass is 10.1. The van der Waals surface area contributed by atoms with Crippen LogP contribution in [0.3, 0.4) is 0 Å². The normalized spacial score (nSPS) is 17.8. The molecule has 5 heterocycles. The van der Waals surface area contributed by atoms with Gasteiger partial charge >= 0.3 is 0 Å². The number of anilines is 1. The molecule has 0 atom stereocenters. The zero-order chi connectivity index (χ0) is 17.6. The van der Waals surface area contributed by atoms with Crippen molar-refractivity contribution in [3.8, 4) is 11.3 Å². The van der Waals surface area contributed by atoms with E-state index in [0.717, 1.165) is 35.6 Å². The fourth-order valence-corrected chi connectivity index (χ4v) is 4.32. The summed E-state index contributed by atoms with van der Waals surface area (Å²) in [6.07, 6.45) is 9.73. The van der Waals surface area contributed by atoms with Gasteiger partial charge in [0.2, 0.25) is 0 Å². The largest absolute Gasteiger partial charge is 0.356 e. The Kier molecular flexibility index (Phi) is 5.82. The lowest BCUT2D eigenvalue weighted by molar-refractivity contribution is 0.520. The number of aromatic nitrogens is 3. The fraction of sp³-hybridized carbons (Fsp3) is 0.500. The second kappa shape index (κ2) is 8.64. The Morgan fingerprint density at radius 2 is 1.77 bits per heavy atom. The predicted molar refractivity (Wildman–Crippen MR) is 110 cm³/mol. The molecule has 0 amide bonds. The van der Waals surface area contributed by atoms with E-state index >= 15 is 0 Å². The zero-order valence-corrected chi connectivity index (χ0v) is 16.0. The minimum Gasteiger partial charge on any atom is -0.356 e. The molecule has 0 saturated carbocycles. The summed E-state index contributed by atoms with van der Waals surface area (Å²) >= 11 is 1.71. The maximum atomic E-state index is 4.52. The predicted octanol–water partition coefficient (Wildman–Crippen LogP) is 4.44. The van der Waals surface area contributed by atoms with Crippen LogP contribution in [0, 0.1) is 0 Å². The average molecular weight is 370 g/mol. The summed E-state index contributed by atoms with van der Waals surface area (Å²) in [5.74, 6) is 1.08. The number of H-pyrrole nitrogens is 1. The Bertz CT molecular complexity index is 789. The van der Waals surface area contributed by atoms with Gasteiger partial charge in [0, 0.05) is 29.7 Å². The van der Waals surface area contributed by atoms with E-state index in [-0.39, 0.29) is 0 Å². The number of rotatable bonds is 2. The Hall–Kier alpha value is -1.92. The number of aromatic amines is 1. The number of nitrogens with zero attached hydrogens (tertiary/aromatic N) is 3. The second-order valence-corrected chi connectivity index (χ2v) is 7.79. The number of hydrogen-bond acceptors (Lipinski definition) is 5. The second-order valence-electron chi connectivity index (χ2n) is 7.01. The van der Waals surface area contributed by atoms with E-state index in [1.807, 2.05) is 0 Å². The molecule has 5 nitrogen and oxygen atoms in total. The van der Waals surface area contributed by atoms with Crippen molar-refractivity contribution in [1.29, 1.82) is 0 Å². The Labute approximate surface area is 158 Å². The molecule has 2 N–H and O–H groups in total. The molecule has 0 bridgehead atoms. The first-order valence-electron chi connectivity index (χ1n) is 9.74. The summed E-state index contributed by atoms with van der Waals surface area (Å²) < 4.78 is 0. The molecule has 6 heteroatoms. The molecule has 0 unspecified atom stereocenters.